The van der Waals surface area contributed by atoms with Crippen molar-refractivity contribution in [2.45, 2.75) is 31.6 Å². The predicted molar refractivity (Wildman–Crippen MR) is 62.1 cm³/mol. The minimum absolute atomic E-state index is 0.201. The Balaban J connectivity index is 2.09. The highest BCUT2D eigenvalue weighted by molar-refractivity contribution is 6.00. The molecule has 2 aromatic heterocycles. The predicted octanol–water partition coefficient (Wildman–Crippen LogP) is 2.31. The molecule has 1 saturated carbocycles. The van der Waals surface area contributed by atoms with E-state index in [0.717, 1.165) is 18.5 Å². The smallest absolute Gasteiger partial charge is 0.339 e. The van der Waals surface area contributed by atoms with Gasteiger partial charge in [-0.25, -0.2) is 14.8 Å². The van der Waals surface area contributed by atoms with E-state index in [9.17, 15) is 4.79 Å². The highest BCUT2D eigenvalue weighted by atomic mass is 16.4. The number of rotatable bonds is 2. The molecule has 0 spiro atoms. The van der Waals surface area contributed by atoms with Gasteiger partial charge in [0.15, 0.2) is 5.65 Å². The molecule has 0 amide bonds. The lowest BCUT2D eigenvalue weighted by atomic mass is 10.0. The van der Waals surface area contributed by atoms with E-state index >= 15 is 0 Å². The molecule has 1 aliphatic carbocycles. The molecule has 2 aromatic rings. The first-order valence-corrected chi connectivity index (χ1v) is 5.83. The summed E-state index contributed by atoms with van der Waals surface area (Å²) in [4.78, 5) is 22.6. The van der Waals surface area contributed by atoms with Gasteiger partial charge >= 0.3 is 5.97 Å². The SMILES string of the molecule is O=C(O)c1c[nH]c2ncc(C3CCCC3)nc12. The zero-order valence-corrected chi connectivity index (χ0v) is 9.31. The molecule has 88 valence electrons. The van der Waals surface area contributed by atoms with Gasteiger partial charge in [-0.2, -0.15) is 0 Å². The molecule has 0 radical (unpaired) electrons. The Kier molecular flexibility index (Phi) is 2.31. The fourth-order valence-electron chi connectivity index (χ4n) is 2.49. The van der Waals surface area contributed by atoms with E-state index < -0.39 is 5.97 Å². The lowest BCUT2D eigenvalue weighted by Gasteiger charge is -2.07. The normalized spacial score (nSPS) is 16.7. The first kappa shape index (κ1) is 10.3. The lowest BCUT2D eigenvalue weighted by Crippen LogP contribution is -2.00. The van der Waals surface area contributed by atoms with Crippen LogP contribution in [0.4, 0.5) is 0 Å². The van der Waals surface area contributed by atoms with E-state index in [-0.39, 0.29) is 5.56 Å². The first-order chi connectivity index (χ1) is 8.25. The average molecular weight is 231 g/mol. The quantitative estimate of drug-likeness (QED) is 0.831. The summed E-state index contributed by atoms with van der Waals surface area (Å²) in [6.07, 6.45) is 7.93. The third-order valence-electron chi connectivity index (χ3n) is 3.40. The number of aromatic carboxylic acids is 1. The van der Waals surface area contributed by atoms with Crippen LogP contribution in [0.5, 0.6) is 0 Å². The number of aromatic amines is 1. The number of nitrogens with one attached hydrogen (secondary N) is 1. The van der Waals surface area contributed by atoms with E-state index in [1.807, 2.05) is 0 Å². The number of H-pyrrole nitrogens is 1. The van der Waals surface area contributed by atoms with Gasteiger partial charge < -0.3 is 10.1 Å². The van der Waals surface area contributed by atoms with Gasteiger partial charge in [0.2, 0.25) is 0 Å². The molecule has 1 fully saturated rings. The molecular weight excluding hydrogens is 218 g/mol. The van der Waals surface area contributed by atoms with Gasteiger partial charge in [-0.15, -0.1) is 0 Å². The van der Waals surface area contributed by atoms with Crippen LogP contribution in [0.15, 0.2) is 12.4 Å². The second-order valence-electron chi connectivity index (χ2n) is 4.48. The summed E-state index contributed by atoms with van der Waals surface area (Å²) in [6, 6.07) is 0. The summed E-state index contributed by atoms with van der Waals surface area (Å²) in [5.41, 5.74) is 2.15. The number of hydrogen-bond donors (Lipinski definition) is 2. The zero-order valence-electron chi connectivity index (χ0n) is 9.31. The third-order valence-corrected chi connectivity index (χ3v) is 3.40. The number of carbonyl (C=O) groups is 1. The van der Waals surface area contributed by atoms with E-state index in [1.54, 1.807) is 6.20 Å². The Hall–Kier alpha value is -1.91. The van der Waals surface area contributed by atoms with Gasteiger partial charge in [-0.3, -0.25) is 0 Å². The molecule has 0 aliphatic heterocycles. The van der Waals surface area contributed by atoms with Crippen LogP contribution in [0.3, 0.4) is 0 Å². The molecule has 0 saturated heterocycles. The first-order valence-electron chi connectivity index (χ1n) is 5.83. The molecule has 0 bridgehead atoms. The Morgan fingerprint density at radius 3 is 2.88 bits per heavy atom. The molecule has 3 rings (SSSR count). The Morgan fingerprint density at radius 2 is 2.18 bits per heavy atom. The largest absolute Gasteiger partial charge is 0.478 e. The second-order valence-corrected chi connectivity index (χ2v) is 4.48. The number of hydrogen-bond acceptors (Lipinski definition) is 3. The van der Waals surface area contributed by atoms with Crippen molar-refractivity contribution in [2.75, 3.05) is 0 Å². The van der Waals surface area contributed by atoms with Crippen molar-refractivity contribution in [3.8, 4) is 0 Å². The van der Waals surface area contributed by atoms with Crippen LogP contribution in [-0.2, 0) is 0 Å². The van der Waals surface area contributed by atoms with Crippen LogP contribution in [0.2, 0.25) is 0 Å². The molecule has 17 heavy (non-hydrogen) atoms. The van der Waals surface area contributed by atoms with E-state index in [4.69, 9.17) is 5.11 Å². The number of carboxylic acids is 1. The number of fused-ring (bicyclic) bond motifs is 1. The van der Waals surface area contributed by atoms with Gasteiger partial charge in [0, 0.05) is 12.1 Å². The van der Waals surface area contributed by atoms with Crippen molar-refractivity contribution >= 4 is 17.1 Å². The van der Waals surface area contributed by atoms with Crippen molar-refractivity contribution in [3.63, 3.8) is 0 Å². The highest BCUT2D eigenvalue weighted by Crippen LogP contribution is 2.33. The van der Waals surface area contributed by atoms with E-state index in [2.05, 4.69) is 15.0 Å². The molecule has 0 unspecified atom stereocenters. The molecule has 5 heteroatoms. The van der Waals surface area contributed by atoms with E-state index in [1.165, 1.54) is 19.0 Å². The topological polar surface area (TPSA) is 78.9 Å². The van der Waals surface area contributed by atoms with E-state index in [0.29, 0.717) is 17.1 Å². The minimum Gasteiger partial charge on any atom is -0.478 e. The maximum atomic E-state index is 11.0. The van der Waals surface area contributed by atoms with Crippen LogP contribution >= 0.6 is 0 Å². The van der Waals surface area contributed by atoms with Crippen molar-refractivity contribution in [3.05, 3.63) is 23.7 Å². The summed E-state index contributed by atoms with van der Waals surface area (Å²) in [7, 11) is 0. The Morgan fingerprint density at radius 1 is 1.41 bits per heavy atom. The van der Waals surface area contributed by atoms with Crippen molar-refractivity contribution in [1.82, 2.24) is 15.0 Å². The zero-order chi connectivity index (χ0) is 11.8. The molecule has 2 heterocycles. The van der Waals surface area contributed by atoms with Gasteiger partial charge in [0.25, 0.3) is 0 Å². The Bertz CT molecular complexity index is 570. The summed E-state index contributed by atoms with van der Waals surface area (Å²) >= 11 is 0. The molecule has 1 aliphatic rings. The van der Waals surface area contributed by atoms with Gasteiger partial charge in [0.05, 0.1) is 11.9 Å². The molecule has 0 atom stereocenters. The number of nitrogens with zero attached hydrogens (tertiary/aromatic N) is 2. The monoisotopic (exact) mass is 231 g/mol. The third kappa shape index (κ3) is 1.67. The summed E-state index contributed by atoms with van der Waals surface area (Å²) < 4.78 is 0. The second kappa shape index (κ2) is 3.84. The van der Waals surface area contributed by atoms with Crippen LogP contribution in [-0.4, -0.2) is 26.0 Å². The van der Waals surface area contributed by atoms with Crippen LogP contribution in [0.25, 0.3) is 11.2 Å². The van der Waals surface area contributed by atoms with Crippen LogP contribution in [0.1, 0.15) is 47.7 Å². The van der Waals surface area contributed by atoms with Gasteiger partial charge in [-0.1, -0.05) is 12.8 Å². The summed E-state index contributed by atoms with van der Waals surface area (Å²) in [5.74, 6) is -0.516. The van der Waals surface area contributed by atoms with Crippen molar-refractivity contribution in [1.29, 1.82) is 0 Å². The van der Waals surface area contributed by atoms with Crippen molar-refractivity contribution < 1.29 is 9.90 Å². The lowest BCUT2D eigenvalue weighted by molar-refractivity contribution is 0.0699. The maximum absolute atomic E-state index is 11.0. The van der Waals surface area contributed by atoms with Gasteiger partial charge in [-0.05, 0) is 12.8 Å². The van der Waals surface area contributed by atoms with Crippen LogP contribution < -0.4 is 0 Å². The van der Waals surface area contributed by atoms with Crippen molar-refractivity contribution in [2.24, 2.45) is 0 Å². The van der Waals surface area contributed by atoms with Crippen LogP contribution in [0, 0.1) is 0 Å². The average Bonchev–Trinajstić information content (AvgIpc) is 2.97. The molecule has 5 nitrogen and oxygen atoms in total. The Labute approximate surface area is 97.9 Å². The molecule has 0 aromatic carbocycles. The number of carboxylic acid groups (broad SMARTS) is 1. The molecular formula is C12H13N3O2. The molecule has 2 N–H and O–H groups in total. The number of aromatic nitrogens is 3. The highest BCUT2D eigenvalue weighted by Gasteiger charge is 2.20. The fourth-order valence-corrected chi connectivity index (χ4v) is 2.49. The summed E-state index contributed by atoms with van der Waals surface area (Å²) in [6.45, 7) is 0. The fraction of sp³-hybridized carbons (Fsp3) is 0.417. The standard InChI is InChI=1S/C12H13N3O2/c16-12(17)8-5-13-11-10(8)15-9(6-14-11)7-3-1-2-4-7/h5-7H,1-4H2,(H,13,14)(H,16,17). The van der Waals surface area contributed by atoms with Gasteiger partial charge in [0.1, 0.15) is 11.1 Å². The minimum atomic E-state index is -0.964. The summed E-state index contributed by atoms with van der Waals surface area (Å²) in [5, 5.41) is 9.04. The maximum Gasteiger partial charge on any atom is 0.339 e.